The molecule has 0 aliphatic carbocycles. The summed E-state index contributed by atoms with van der Waals surface area (Å²) in [4.78, 5) is 17.3. The number of carbonyl (C=O) groups is 1. The maximum atomic E-state index is 13.6. The molecule has 0 saturated heterocycles. The molecule has 0 aliphatic rings. The van der Waals surface area contributed by atoms with Crippen LogP contribution in [-0.2, 0) is 21.2 Å². The van der Waals surface area contributed by atoms with E-state index in [1.54, 1.807) is 32.0 Å². The number of methoxy groups -OCH3 is 1. The third-order valence-corrected chi connectivity index (χ3v) is 7.69. The molecule has 0 amide bonds. The van der Waals surface area contributed by atoms with Gasteiger partial charge in [-0.2, -0.15) is 0 Å². The van der Waals surface area contributed by atoms with Gasteiger partial charge in [-0.1, -0.05) is 25.1 Å². The molecule has 0 fully saturated rings. The average Bonchev–Trinajstić information content (AvgIpc) is 3.14. The van der Waals surface area contributed by atoms with Gasteiger partial charge in [-0.05, 0) is 50.1 Å². The largest absolute Gasteiger partial charge is 0.465 e. The van der Waals surface area contributed by atoms with E-state index in [-0.39, 0.29) is 22.8 Å². The molecule has 0 N–H and O–H groups in total. The van der Waals surface area contributed by atoms with Gasteiger partial charge in [0.25, 0.3) is 10.0 Å². The zero-order chi connectivity index (χ0) is 22.8. The van der Waals surface area contributed by atoms with Gasteiger partial charge < -0.3 is 4.74 Å². The first kappa shape index (κ1) is 22.9. The lowest BCUT2D eigenvalue weighted by Crippen LogP contribution is -2.31. The van der Waals surface area contributed by atoms with Crippen molar-refractivity contribution in [3.63, 3.8) is 0 Å². The lowest BCUT2D eigenvalue weighted by Gasteiger charge is -2.22. The van der Waals surface area contributed by atoms with Crippen LogP contribution in [0.25, 0.3) is 10.6 Å². The maximum Gasteiger partial charge on any atom is 0.338 e. The smallest absolute Gasteiger partial charge is 0.338 e. The molecule has 2 aromatic carbocycles. The molecule has 31 heavy (non-hydrogen) atoms. The number of nitrogens with zero attached hydrogens (tertiary/aromatic N) is 2. The summed E-state index contributed by atoms with van der Waals surface area (Å²) in [5.41, 5.74) is 1.50. The van der Waals surface area contributed by atoms with Crippen molar-refractivity contribution in [1.82, 2.24) is 4.98 Å². The Morgan fingerprint density at radius 3 is 2.55 bits per heavy atom. The highest BCUT2D eigenvalue weighted by molar-refractivity contribution is 7.92. The number of thiazole rings is 1. The Labute approximate surface area is 185 Å². The van der Waals surface area contributed by atoms with Gasteiger partial charge in [0.15, 0.2) is 5.82 Å². The first-order valence-electron chi connectivity index (χ1n) is 9.70. The summed E-state index contributed by atoms with van der Waals surface area (Å²) in [6, 6.07) is 10.5. The number of benzene rings is 2. The number of halogens is 1. The summed E-state index contributed by atoms with van der Waals surface area (Å²) in [6.07, 6.45) is 0.560. The fourth-order valence-electron chi connectivity index (χ4n) is 3.25. The predicted molar refractivity (Wildman–Crippen MR) is 120 cm³/mol. The second kappa shape index (κ2) is 9.15. The highest BCUT2D eigenvalue weighted by Gasteiger charge is 2.29. The van der Waals surface area contributed by atoms with Crippen molar-refractivity contribution in [3.8, 4) is 10.6 Å². The van der Waals surface area contributed by atoms with Gasteiger partial charge in [-0.15, -0.1) is 11.3 Å². The Hall–Kier alpha value is -2.78. The number of rotatable bonds is 7. The van der Waals surface area contributed by atoms with E-state index < -0.39 is 21.8 Å². The molecule has 164 valence electrons. The Bertz CT molecular complexity index is 1220. The summed E-state index contributed by atoms with van der Waals surface area (Å²) in [5, 5.41) is 0.525. The molecule has 0 bridgehead atoms. The monoisotopic (exact) mass is 462 g/mol. The zero-order valence-corrected chi connectivity index (χ0v) is 19.3. The number of carbonyl (C=O) groups excluding carboxylic acids is 1. The van der Waals surface area contributed by atoms with Crippen molar-refractivity contribution in [2.24, 2.45) is 0 Å². The summed E-state index contributed by atoms with van der Waals surface area (Å²) in [6.45, 7) is 5.49. The molecule has 1 aromatic heterocycles. The van der Waals surface area contributed by atoms with Crippen LogP contribution in [0.5, 0.6) is 0 Å². The van der Waals surface area contributed by atoms with Gasteiger partial charge in [0.1, 0.15) is 10.8 Å². The van der Waals surface area contributed by atoms with Gasteiger partial charge in [0.05, 0.1) is 17.6 Å². The van der Waals surface area contributed by atoms with E-state index in [4.69, 9.17) is 4.74 Å². The van der Waals surface area contributed by atoms with E-state index in [1.807, 2.05) is 6.92 Å². The summed E-state index contributed by atoms with van der Waals surface area (Å²) in [5.74, 6) is -0.695. The highest BCUT2D eigenvalue weighted by atomic mass is 32.2. The molecular formula is C22H23FN2O4S2. The number of aromatic nitrogens is 1. The standard InChI is InChI=1S/C22H23FN2O4S2/c1-5-15-10-11-18(13-19(15)22(26)29-4)31(27,28)25(6-2)20-14(3)30-21(24-20)16-8-7-9-17(23)12-16/h7-13H,5-6H2,1-4H3. The molecule has 0 unspecified atom stereocenters. The quantitative estimate of drug-likeness (QED) is 0.471. The number of esters is 1. The SMILES string of the molecule is CCc1ccc(S(=O)(=O)N(CC)c2nc(-c3cccc(F)c3)sc2C)cc1C(=O)OC. The fourth-order valence-corrected chi connectivity index (χ4v) is 5.73. The zero-order valence-electron chi connectivity index (χ0n) is 17.7. The van der Waals surface area contributed by atoms with Crippen LogP contribution in [0.15, 0.2) is 47.4 Å². The number of aryl methyl sites for hydroxylation is 2. The molecule has 1 heterocycles. The molecule has 3 aromatic rings. The van der Waals surface area contributed by atoms with Crippen LogP contribution in [0.1, 0.15) is 34.6 Å². The highest BCUT2D eigenvalue weighted by Crippen LogP contribution is 2.35. The predicted octanol–water partition coefficient (Wildman–Crippen LogP) is 4.82. The van der Waals surface area contributed by atoms with Gasteiger partial charge in [-0.25, -0.2) is 26.9 Å². The van der Waals surface area contributed by atoms with Crippen molar-refractivity contribution in [2.75, 3.05) is 18.0 Å². The van der Waals surface area contributed by atoms with Crippen molar-refractivity contribution in [2.45, 2.75) is 32.1 Å². The number of ether oxygens (including phenoxy) is 1. The van der Waals surface area contributed by atoms with Gasteiger partial charge in [-0.3, -0.25) is 0 Å². The van der Waals surface area contributed by atoms with Gasteiger partial charge in [0, 0.05) is 17.0 Å². The van der Waals surface area contributed by atoms with E-state index in [0.717, 1.165) is 0 Å². The lowest BCUT2D eigenvalue weighted by molar-refractivity contribution is 0.0599. The van der Waals surface area contributed by atoms with Crippen LogP contribution in [0.4, 0.5) is 10.2 Å². The number of hydrogen-bond acceptors (Lipinski definition) is 6. The molecule has 3 rings (SSSR count). The van der Waals surface area contributed by atoms with E-state index in [0.29, 0.717) is 27.4 Å². The molecule has 9 heteroatoms. The third-order valence-electron chi connectivity index (χ3n) is 4.82. The van der Waals surface area contributed by atoms with Crippen LogP contribution in [0.3, 0.4) is 0 Å². The number of sulfonamides is 1. The van der Waals surface area contributed by atoms with Crippen LogP contribution in [-0.4, -0.2) is 33.0 Å². The molecule has 6 nitrogen and oxygen atoms in total. The van der Waals surface area contributed by atoms with Crippen LogP contribution in [0.2, 0.25) is 0 Å². The average molecular weight is 463 g/mol. The topological polar surface area (TPSA) is 76.6 Å². The van der Waals surface area contributed by atoms with E-state index in [1.165, 1.54) is 47.0 Å². The molecule has 0 atom stereocenters. The summed E-state index contributed by atoms with van der Waals surface area (Å²) < 4.78 is 46.5. The molecule has 0 spiro atoms. The Balaban J connectivity index is 2.07. The Morgan fingerprint density at radius 1 is 1.19 bits per heavy atom. The first-order valence-corrected chi connectivity index (χ1v) is 12.0. The number of hydrogen-bond donors (Lipinski definition) is 0. The minimum absolute atomic E-state index is 0.0216. The van der Waals surface area contributed by atoms with E-state index in [9.17, 15) is 17.6 Å². The third kappa shape index (κ3) is 4.47. The van der Waals surface area contributed by atoms with Crippen molar-refractivity contribution >= 4 is 33.1 Å². The Kier molecular flexibility index (Phi) is 6.76. The minimum atomic E-state index is -4.00. The lowest BCUT2D eigenvalue weighted by atomic mass is 10.1. The second-order valence-electron chi connectivity index (χ2n) is 6.74. The van der Waals surface area contributed by atoms with Crippen LogP contribution in [0, 0.1) is 12.7 Å². The van der Waals surface area contributed by atoms with Gasteiger partial charge in [0.2, 0.25) is 0 Å². The number of anilines is 1. The van der Waals surface area contributed by atoms with E-state index in [2.05, 4.69) is 4.98 Å². The fraction of sp³-hybridized carbons (Fsp3) is 0.273. The summed E-state index contributed by atoms with van der Waals surface area (Å²) in [7, 11) is -2.74. The van der Waals surface area contributed by atoms with Crippen molar-refractivity contribution in [1.29, 1.82) is 0 Å². The second-order valence-corrected chi connectivity index (χ2v) is 9.81. The van der Waals surface area contributed by atoms with Gasteiger partial charge >= 0.3 is 5.97 Å². The normalized spacial score (nSPS) is 11.4. The minimum Gasteiger partial charge on any atom is -0.465 e. The van der Waals surface area contributed by atoms with E-state index >= 15 is 0 Å². The van der Waals surface area contributed by atoms with Crippen LogP contribution >= 0.6 is 11.3 Å². The molecule has 0 saturated carbocycles. The summed E-state index contributed by atoms with van der Waals surface area (Å²) >= 11 is 1.29. The maximum absolute atomic E-state index is 13.6. The first-order chi connectivity index (χ1) is 14.7. The van der Waals surface area contributed by atoms with Crippen LogP contribution < -0.4 is 4.31 Å². The van der Waals surface area contributed by atoms with Crippen molar-refractivity contribution < 1.29 is 22.3 Å². The van der Waals surface area contributed by atoms with Crippen molar-refractivity contribution in [3.05, 3.63) is 64.3 Å². The molecular weight excluding hydrogens is 439 g/mol. The molecule has 0 aliphatic heterocycles. The Morgan fingerprint density at radius 2 is 1.94 bits per heavy atom. The molecule has 0 radical (unpaired) electrons.